The summed E-state index contributed by atoms with van der Waals surface area (Å²) in [6.07, 6.45) is 5.27. The van der Waals surface area contributed by atoms with Gasteiger partial charge in [0.05, 0.1) is 11.4 Å². The number of nitrogens with zero attached hydrogens (tertiary/aromatic N) is 3. The van der Waals surface area contributed by atoms with Crippen LogP contribution in [0.4, 0.5) is 26.4 Å². The summed E-state index contributed by atoms with van der Waals surface area (Å²) < 4.78 is 14.7. The highest BCUT2D eigenvalue weighted by molar-refractivity contribution is 7.18. The zero-order valence-electron chi connectivity index (χ0n) is 17.3. The fourth-order valence-electron chi connectivity index (χ4n) is 3.83. The number of amides is 2. The van der Waals surface area contributed by atoms with E-state index in [-0.39, 0.29) is 0 Å². The van der Waals surface area contributed by atoms with E-state index in [4.69, 9.17) is 11.5 Å². The SMILES string of the molecule is NC(=O)N(c1ccc(-c2csc3c(-c4ccncc4)cnc(N)c23)cc1)c1cccc(F)c1. The maximum Gasteiger partial charge on any atom is 0.323 e. The molecule has 33 heavy (non-hydrogen) atoms. The van der Waals surface area contributed by atoms with Crippen LogP contribution in [0.2, 0.25) is 0 Å². The van der Waals surface area contributed by atoms with Gasteiger partial charge in [-0.1, -0.05) is 18.2 Å². The largest absolute Gasteiger partial charge is 0.383 e. The summed E-state index contributed by atoms with van der Waals surface area (Å²) in [4.78, 5) is 21.9. The van der Waals surface area contributed by atoms with Crippen molar-refractivity contribution in [2.24, 2.45) is 5.73 Å². The number of halogens is 1. The summed E-state index contributed by atoms with van der Waals surface area (Å²) in [5.41, 5.74) is 16.6. The minimum Gasteiger partial charge on any atom is -0.383 e. The molecule has 0 saturated heterocycles. The zero-order valence-corrected chi connectivity index (χ0v) is 18.1. The number of primary amides is 1. The zero-order chi connectivity index (χ0) is 22.9. The lowest BCUT2D eigenvalue weighted by molar-refractivity contribution is 0.256. The molecular weight excluding hydrogens is 437 g/mol. The van der Waals surface area contributed by atoms with Crippen LogP contribution >= 0.6 is 11.3 Å². The first-order valence-electron chi connectivity index (χ1n) is 10.0. The maximum absolute atomic E-state index is 13.7. The Morgan fingerprint density at radius 3 is 2.36 bits per heavy atom. The number of nitrogens with two attached hydrogens (primary N) is 2. The second kappa shape index (κ2) is 8.33. The van der Waals surface area contributed by atoms with E-state index in [1.54, 1.807) is 48.1 Å². The average molecular weight is 456 g/mol. The number of thiophene rings is 1. The molecule has 0 unspecified atom stereocenters. The van der Waals surface area contributed by atoms with Crippen LogP contribution in [0.5, 0.6) is 0 Å². The molecule has 6 nitrogen and oxygen atoms in total. The summed E-state index contributed by atoms with van der Waals surface area (Å²) in [5.74, 6) is -0.00487. The number of aromatic nitrogens is 2. The van der Waals surface area contributed by atoms with Crippen LogP contribution < -0.4 is 16.4 Å². The van der Waals surface area contributed by atoms with Gasteiger partial charge < -0.3 is 11.5 Å². The number of anilines is 3. The van der Waals surface area contributed by atoms with Crippen molar-refractivity contribution in [3.8, 4) is 22.3 Å². The number of fused-ring (bicyclic) bond motifs is 1. The Labute approximate surface area is 192 Å². The van der Waals surface area contributed by atoms with Gasteiger partial charge in [-0.3, -0.25) is 9.88 Å². The highest BCUT2D eigenvalue weighted by atomic mass is 32.1. The first kappa shape index (κ1) is 20.6. The first-order chi connectivity index (χ1) is 16.0. The predicted molar refractivity (Wildman–Crippen MR) is 131 cm³/mol. The van der Waals surface area contributed by atoms with Crippen LogP contribution in [-0.2, 0) is 0 Å². The third-order valence-electron chi connectivity index (χ3n) is 5.34. The van der Waals surface area contributed by atoms with Gasteiger partial charge in [0.15, 0.2) is 0 Å². The molecule has 0 aliphatic rings. The number of benzene rings is 2. The smallest absolute Gasteiger partial charge is 0.323 e. The van der Waals surface area contributed by atoms with E-state index in [0.29, 0.717) is 17.2 Å². The second-order valence-corrected chi connectivity index (χ2v) is 8.23. The Morgan fingerprint density at radius 1 is 0.939 bits per heavy atom. The molecule has 3 aromatic heterocycles. The third-order valence-corrected chi connectivity index (χ3v) is 6.35. The van der Waals surface area contributed by atoms with Gasteiger partial charge in [-0.2, -0.15) is 0 Å². The Morgan fingerprint density at radius 2 is 1.67 bits per heavy atom. The fourth-order valence-corrected chi connectivity index (χ4v) is 4.95. The van der Waals surface area contributed by atoms with E-state index in [0.717, 1.165) is 32.3 Å². The van der Waals surface area contributed by atoms with Gasteiger partial charge in [0.1, 0.15) is 11.6 Å². The number of carbonyl (C=O) groups excluding carboxylic acids is 1. The average Bonchev–Trinajstić information content (AvgIpc) is 3.27. The van der Waals surface area contributed by atoms with Crippen molar-refractivity contribution in [1.29, 1.82) is 0 Å². The molecule has 0 spiro atoms. The maximum atomic E-state index is 13.7. The molecule has 0 saturated carbocycles. The lowest BCUT2D eigenvalue weighted by atomic mass is 10.0. The minimum absolute atomic E-state index is 0.353. The number of nitrogen functional groups attached to an aromatic ring is 1. The van der Waals surface area contributed by atoms with Crippen molar-refractivity contribution >= 4 is 44.6 Å². The van der Waals surface area contributed by atoms with E-state index in [1.165, 1.54) is 23.1 Å². The Balaban J connectivity index is 1.57. The normalized spacial score (nSPS) is 10.9. The molecule has 162 valence electrons. The molecule has 0 fully saturated rings. The Hall–Kier alpha value is -4.30. The van der Waals surface area contributed by atoms with Crippen LogP contribution in [-0.4, -0.2) is 16.0 Å². The molecule has 0 radical (unpaired) electrons. The second-order valence-electron chi connectivity index (χ2n) is 7.35. The van der Waals surface area contributed by atoms with Crippen LogP contribution in [0.1, 0.15) is 0 Å². The minimum atomic E-state index is -0.704. The van der Waals surface area contributed by atoms with Gasteiger partial charge in [0.2, 0.25) is 0 Å². The number of hydrogen-bond donors (Lipinski definition) is 2. The van der Waals surface area contributed by atoms with Gasteiger partial charge in [-0.15, -0.1) is 11.3 Å². The van der Waals surface area contributed by atoms with Crippen molar-refractivity contribution in [3.63, 3.8) is 0 Å². The molecule has 0 aliphatic heterocycles. The van der Waals surface area contributed by atoms with E-state index in [1.807, 2.05) is 29.6 Å². The van der Waals surface area contributed by atoms with Gasteiger partial charge in [-0.25, -0.2) is 14.2 Å². The van der Waals surface area contributed by atoms with E-state index >= 15 is 0 Å². The molecule has 5 aromatic rings. The fraction of sp³-hybridized carbons (Fsp3) is 0. The van der Waals surface area contributed by atoms with Crippen molar-refractivity contribution in [2.75, 3.05) is 10.6 Å². The quantitative estimate of drug-likeness (QED) is 0.349. The van der Waals surface area contributed by atoms with E-state index < -0.39 is 11.8 Å². The Bertz CT molecular complexity index is 1470. The molecule has 3 heterocycles. The number of pyridine rings is 2. The van der Waals surface area contributed by atoms with Crippen LogP contribution in [0.3, 0.4) is 0 Å². The van der Waals surface area contributed by atoms with Gasteiger partial charge in [0.25, 0.3) is 0 Å². The predicted octanol–water partition coefficient (Wildman–Crippen LogP) is 5.96. The Kier molecular flexibility index (Phi) is 5.20. The van der Waals surface area contributed by atoms with Crippen LogP contribution in [0, 0.1) is 5.82 Å². The number of rotatable bonds is 4. The molecule has 8 heteroatoms. The van der Waals surface area contributed by atoms with Crippen LogP contribution in [0.15, 0.2) is 84.6 Å². The molecule has 0 atom stereocenters. The number of hydrogen-bond acceptors (Lipinski definition) is 5. The van der Waals surface area contributed by atoms with Gasteiger partial charge in [0, 0.05) is 39.8 Å². The molecule has 2 amide bonds. The standard InChI is InChI=1S/C25H18FN5OS/c26-17-2-1-3-19(12-17)31(25(28)32)18-6-4-15(5-7-18)21-14-33-23-20(13-30-24(27)22(21)23)16-8-10-29-11-9-16/h1-14H,(H2,27,30)(H2,28,32). The highest BCUT2D eigenvalue weighted by Gasteiger charge is 2.18. The summed E-state index contributed by atoms with van der Waals surface area (Å²) in [6.45, 7) is 0. The summed E-state index contributed by atoms with van der Waals surface area (Å²) in [6, 6.07) is 16.2. The highest BCUT2D eigenvalue weighted by Crippen LogP contribution is 2.42. The van der Waals surface area contributed by atoms with Gasteiger partial charge >= 0.3 is 6.03 Å². The number of urea groups is 1. The van der Waals surface area contributed by atoms with E-state index in [9.17, 15) is 9.18 Å². The van der Waals surface area contributed by atoms with E-state index in [2.05, 4.69) is 9.97 Å². The van der Waals surface area contributed by atoms with Crippen LogP contribution in [0.25, 0.3) is 32.3 Å². The lowest BCUT2D eigenvalue weighted by Gasteiger charge is -2.21. The van der Waals surface area contributed by atoms with Crippen molar-refractivity contribution in [2.45, 2.75) is 0 Å². The van der Waals surface area contributed by atoms with Crippen molar-refractivity contribution in [1.82, 2.24) is 9.97 Å². The molecule has 4 N–H and O–H groups in total. The lowest BCUT2D eigenvalue weighted by Crippen LogP contribution is -2.31. The summed E-state index contributed by atoms with van der Waals surface area (Å²) in [5, 5.41) is 2.92. The monoisotopic (exact) mass is 455 g/mol. The van der Waals surface area contributed by atoms with Crippen molar-refractivity contribution < 1.29 is 9.18 Å². The van der Waals surface area contributed by atoms with Gasteiger partial charge in [-0.05, 0) is 59.0 Å². The number of carbonyl (C=O) groups is 1. The molecular formula is C25H18FN5OS. The first-order valence-corrected chi connectivity index (χ1v) is 10.9. The van der Waals surface area contributed by atoms with Crippen molar-refractivity contribution in [3.05, 3.63) is 90.5 Å². The molecule has 0 aliphatic carbocycles. The molecule has 2 aromatic carbocycles. The molecule has 0 bridgehead atoms. The summed E-state index contributed by atoms with van der Waals surface area (Å²) >= 11 is 1.59. The molecule has 5 rings (SSSR count). The summed E-state index contributed by atoms with van der Waals surface area (Å²) in [7, 11) is 0. The topological polar surface area (TPSA) is 98.1 Å². The third kappa shape index (κ3) is 3.77.